The van der Waals surface area contributed by atoms with Gasteiger partial charge < -0.3 is 5.73 Å². The monoisotopic (exact) mass is 206 g/mol. The zero-order valence-corrected chi connectivity index (χ0v) is 7.61. The minimum Gasteiger partial charge on any atom is -0.393 e. The molecule has 2 N–H and O–H groups in total. The van der Waals surface area contributed by atoms with E-state index in [1.165, 1.54) is 6.07 Å². The summed E-state index contributed by atoms with van der Waals surface area (Å²) in [4.78, 5) is 9.89. The molecule has 0 heterocycles. The molecule has 4 nitrogen and oxygen atoms in total. The third kappa shape index (κ3) is 1.38. The fourth-order valence-electron chi connectivity index (χ4n) is 1.49. The number of rotatable bonds is 1. The number of fused-ring (bicyclic) bond motifs is 1. The van der Waals surface area contributed by atoms with Crippen LogP contribution in [0, 0.1) is 15.9 Å². The van der Waals surface area contributed by atoms with Crippen molar-refractivity contribution in [3.8, 4) is 0 Å². The lowest BCUT2D eigenvalue weighted by atomic mass is 10.1. The maximum Gasteiger partial charge on any atom is 0.295 e. The summed E-state index contributed by atoms with van der Waals surface area (Å²) in [6, 6.07) is 7.24. The van der Waals surface area contributed by atoms with E-state index in [2.05, 4.69) is 0 Å². The van der Waals surface area contributed by atoms with Gasteiger partial charge in [0, 0.05) is 10.8 Å². The van der Waals surface area contributed by atoms with Gasteiger partial charge in [0.15, 0.2) is 0 Å². The van der Waals surface area contributed by atoms with Crippen molar-refractivity contribution in [2.45, 2.75) is 0 Å². The van der Waals surface area contributed by atoms with Crippen LogP contribution in [-0.2, 0) is 0 Å². The van der Waals surface area contributed by atoms with Gasteiger partial charge in [-0.2, -0.15) is 0 Å². The Morgan fingerprint density at radius 3 is 2.47 bits per heavy atom. The number of nitrogens with two attached hydrogens (primary N) is 1. The van der Waals surface area contributed by atoms with Crippen molar-refractivity contribution >= 4 is 22.1 Å². The third-order valence-electron chi connectivity index (χ3n) is 2.21. The summed E-state index contributed by atoms with van der Waals surface area (Å²) in [5.41, 5.74) is 5.18. The predicted molar refractivity (Wildman–Crippen MR) is 55.0 cm³/mol. The number of nitro groups is 1. The maximum atomic E-state index is 13.4. The first kappa shape index (κ1) is 9.39. The van der Waals surface area contributed by atoms with E-state index in [-0.39, 0.29) is 5.69 Å². The number of nitro benzene ring substituents is 1. The van der Waals surface area contributed by atoms with Gasteiger partial charge in [-0.15, -0.1) is 0 Å². The molecule has 0 spiro atoms. The van der Waals surface area contributed by atoms with Crippen molar-refractivity contribution in [3.63, 3.8) is 0 Å². The summed E-state index contributed by atoms with van der Waals surface area (Å²) in [6.07, 6.45) is 0. The van der Waals surface area contributed by atoms with Crippen LogP contribution >= 0.6 is 0 Å². The van der Waals surface area contributed by atoms with Gasteiger partial charge >= 0.3 is 0 Å². The number of nitrogens with zero attached hydrogens (tertiary/aromatic N) is 1. The molecule has 0 aliphatic heterocycles. The lowest BCUT2D eigenvalue weighted by Gasteiger charge is -2.03. The van der Waals surface area contributed by atoms with Crippen molar-refractivity contribution in [3.05, 3.63) is 46.3 Å². The minimum atomic E-state index is -0.690. The van der Waals surface area contributed by atoms with Crippen molar-refractivity contribution in [2.24, 2.45) is 0 Å². The van der Waals surface area contributed by atoms with E-state index in [9.17, 15) is 14.5 Å². The molecule has 0 aliphatic rings. The quantitative estimate of drug-likeness (QED) is 0.442. The standard InChI is InChI=1S/C10H7FN2O2/c11-8-5-9(13(14)15)10(12)7-4-2-1-3-6(7)8/h1-5H,12H2. The molecule has 0 unspecified atom stereocenters. The zero-order valence-electron chi connectivity index (χ0n) is 7.61. The molecule has 0 saturated carbocycles. The Bertz CT molecular complexity index is 554. The van der Waals surface area contributed by atoms with E-state index < -0.39 is 16.4 Å². The fourth-order valence-corrected chi connectivity index (χ4v) is 1.49. The molecular formula is C10H7FN2O2. The Hall–Kier alpha value is -2.17. The first-order chi connectivity index (χ1) is 7.11. The van der Waals surface area contributed by atoms with Crippen LogP contribution in [0.25, 0.3) is 10.8 Å². The summed E-state index contributed by atoms with van der Waals surface area (Å²) >= 11 is 0. The zero-order chi connectivity index (χ0) is 11.0. The van der Waals surface area contributed by atoms with Crippen molar-refractivity contribution in [1.29, 1.82) is 0 Å². The van der Waals surface area contributed by atoms with E-state index >= 15 is 0 Å². The van der Waals surface area contributed by atoms with Gasteiger partial charge in [0.1, 0.15) is 11.5 Å². The van der Waals surface area contributed by atoms with Gasteiger partial charge in [-0.3, -0.25) is 10.1 Å². The van der Waals surface area contributed by atoms with Gasteiger partial charge in [-0.25, -0.2) is 4.39 Å². The predicted octanol–water partition coefficient (Wildman–Crippen LogP) is 2.47. The molecule has 0 amide bonds. The fraction of sp³-hybridized carbons (Fsp3) is 0. The highest BCUT2D eigenvalue weighted by Crippen LogP contribution is 2.32. The Morgan fingerprint density at radius 2 is 1.87 bits per heavy atom. The number of anilines is 1. The molecule has 2 aromatic carbocycles. The third-order valence-corrected chi connectivity index (χ3v) is 2.21. The highest BCUT2D eigenvalue weighted by atomic mass is 19.1. The van der Waals surface area contributed by atoms with Crippen molar-refractivity contribution < 1.29 is 9.31 Å². The molecule has 0 aromatic heterocycles. The van der Waals surface area contributed by atoms with Gasteiger partial charge in [0.05, 0.1) is 11.0 Å². The average molecular weight is 206 g/mol. The Labute approximate surface area is 84.3 Å². The summed E-state index contributed by atoms with van der Waals surface area (Å²) in [5.74, 6) is -0.633. The average Bonchev–Trinajstić information content (AvgIpc) is 2.23. The Balaban J connectivity index is 2.90. The molecular weight excluding hydrogens is 199 g/mol. The van der Waals surface area contributed by atoms with Crippen molar-refractivity contribution in [1.82, 2.24) is 0 Å². The van der Waals surface area contributed by atoms with Crippen LogP contribution in [0.5, 0.6) is 0 Å². The van der Waals surface area contributed by atoms with Crippen LogP contribution in [0.1, 0.15) is 0 Å². The molecule has 5 heteroatoms. The normalized spacial score (nSPS) is 10.5. The molecule has 0 bridgehead atoms. The molecule has 76 valence electrons. The van der Waals surface area contributed by atoms with Crippen LogP contribution in [0.3, 0.4) is 0 Å². The molecule has 0 fully saturated rings. The molecule has 0 radical (unpaired) electrons. The first-order valence-corrected chi connectivity index (χ1v) is 4.22. The first-order valence-electron chi connectivity index (χ1n) is 4.22. The lowest BCUT2D eigenvalue weighted by molar-refractivity contribution is -0.384. The molecule has 0 aliphatic carbocycles. The Morgan fingerprint density at radius 1 is 1.27 bits per heavy atom. The van der Waals surface area contributed by atoms with Gasteiger partial charge in [-0.1, -0.05) is 24.3 Å². The number of halogens is 1. The topological polar surface area (TPSA) is 69.2 Å². The van der Waals surface area contributed by atoms with E-state index in [4.69, 9.17) is 5.73 Å². The second kappa shape index (κ2) is 3.20. The summed E-state index contributed by atoms with van der Waals surface area (Å²) < 4.78 is 13.4. The highest BCUT2D eigenvalue weighted by Gasteiger charge is 2.17. The summed E-state index contributed by atoms with van der Waals surface area (Å²) in [5, 5.41) is 11.2. The second-order valence-corrected chi connectivity index (χ2v) is 3.09. The molecule has 15 heavy (non-hydrogen) atoms. The largest absolute Gasteiger partial charge is 0.393 e. The van der Waals surface area contributed by atoms with Gasteiger partial charge in [0.25, 0.3) is 5.69 Å². The number of nitrogen functional groups attached to an aromatic ring is 1. The van der Waals surface area contributed by atoms with Crippen LogP contribution < -0.4 is 5.73 Å². The van der Waals surface area contributed by atoms with E-state index in [0.29, 0.717) is 10.8 Å². The minimum absolute atomic E-state index is 0.00278. The molecule has 0 atom stereocenters. The smallest absolute Gasteiger partial charge is 0.295 e. The van der Waals surface area contributed by atoms with Crippen LogP contribution in [0.15, 0.2) is 30.3 Å². The number of hydrogen-bond acceptors (Lipinski definition) is 3. The van der Waals surface area contributed by atoms with Crippen LogP contribution in [-0.4, -0.2) is 4.92 Å². The summed E-state index contributed by atoms with van der Waals surface area (Å²) in [6.45, 7) is 0. The second-order valence-electron chi connectivity index (χ2n) is 3.09. The lowest BCUT2D eigenvalue weighted by Crippen LogP contribution is -1.98. The van der Waals surface area contributed by atoms with Crippen molar-refractivity contribution in [2.75, 3.05) is 5.73 Å². The van der Waals surface area contributed by atoms with E-state index in [0.717, 1.165) is 6.07 Å². The maximum absolute atomic E-state index is 13.4. The van der Waals surface area contributed by atoms with Crippen LogP contribution in [0.4, 0.5) is 15.8 Å². The Kier molecular flexibility index (Phi) is 2.00. The van der Waals surface area contributed by atoms with E-state index in [1.807, 2.05) is 0 Å². The molecule has 0 saturated heterocycles. The van der Waals surface area contributed by atoms with E-state index in [1.54, 1.807) is 18.2 Å². The van der Waals surface area contributed by atoms with Crippen LogP contribution in [0.2, 0.25) is 0 Å². The van der Waals surface area contributed by atoms with Gasteiger partial charge in [0.2, 0.25) is 0 Å². The summed E-state index contributed by atoms with van der Waals surface area (Å²) in [7, 11) is 0. The number of benzene rings is 2. The van der Waals surface area contributed by atoms with Gasteiger partial charge in [-0.05, 0) is 0 Å². The SMILES string of the molecule is Nc1c([N+](=O)[O-])cc(F)c2ccccc12. The molecule has 2 rings (SSSR count). The highest BCUT2D eigenvalue weighted by molar-refractivity contribution is 5.97. The molecule has 2 aromatic rings. The number of hydrogen-bond donors (Lipinski definition) is 1.